The highest BCUT2D eigenvalue weighted by Crippen LogP contribution is 2.08. The van der Waals surface area contributed by atoms with Gasteiger partial charge in [-0.2, -0.15) is 0 Å². The third-order valence-corrected chi connectivity index (χ3v) is 0.874. The Balaban J connectivity index is 3.58. The van der Waals surface area contributed by atoms with Gasteiger partial charge in [0.2, 0.25) is 0 Å². The summed E-state index contributed by atoms with van der Waals surface area (Å²) in [5, 5.41) is 0. The molecule has 0 rings (SSSR count). The smallest absolute Gasteiger partial charge is 0.305 e. The van der Waals surface area contributed by atoms with Gasteiger partial charge in [-0.3, -0.25) is 4.79 Å². The van der Waals surface area contributed by atoms with Crippen molar-refractivity contribution in [2.45, 2.75) is 39.1 Å². The maximum absolute atomic E-state index is 10.8. The summed E-state index contributed by atoms with van der Waals surface area (Å²) in [5.41, 5.74) is -0.327. The molecule has 0 atom stereocenters. The van der Waals surface area contributed by atoms with E-state index in [4.69, 9.17) is 4.74 Å². The molecule has 0 fully saturated rings. The first-order valence-corrected chi connectivity index (χ1v) is 3.67. The molecule has 0 radical (unpaired) electrons. The molecule has 0 saturated heterocycles. The Kier molecular flexibility index (Phi) is 3.47. The lowest BCUT2D eigenvalue weighted by molar-refractivity contribution is -0.154. The van der Waals surface area contributed by atoms with Crippen molar-refractivity contribution in [1.82, 2.24) is 0 Å². The summed E-state index contributed by atoms with van der Waals surface area (Å²) in [7, 11) is 1.96. The van der Waals surface area contributed by atoms with Gasteiger partial charge in [-0.25, -0.2) is 0 Å². The molecule has 0 aromatic rings. The van der Waals surface area contributed by atoms with Crippen LogP contribution in [0.4, 0.5) is 0 Å². The van der Waals surface area contributed by atoms with Gasteiger partial charge >= 0.3 is 5.97 Å². The van der Waals surface area contributed by atoms with Crippen LogP contribution in [0.15, 0.2) is 0 Å². The predicted octanol–water partition coefficient (Wildman–Crippen LogP) is 0.770. The minimum Gasteiger partial charge on any atom is -0.460 e. The molecule has 0 amide bonds. The van der Waals surface area contributed by atoms with Gasteiger partial charge in [0.25, 0.3) is 0 Å². The first kappa shape index (κ1) is 9.53. The van der Waals surface area contributed by atoms with E-state index < -0.39 is 0 Å². The molecule has 2 nitrogen and oxygen atoms in total. The van der Waals surface area contributed by atoms with Gasteiger partial charge in [0.05, 0.1) is 0 Å². The monoisotopic (exact) mass is 142 g/mol. The Morgan fingerprint density at radius 3 is 2.30 bits per heavy atom. The van der Waals surface area contributed by atoms with E-state index in [1.165, 1.54) is 0 Å². The summed E-state index contributed by atoms with van der Waals surface area (Å²) in [6.45, 7) is 5.63. The molecule has 0 spiro atoms. The van der Waals surface area contributed by atoms with Crippen LogP contribution in [0, 0.1) is 0 Å². The third-order valence-electron chi connectivity index (χ3n) is 0.874. The van der Waals surface area contributed by atoms with Gasteiger partial charge in [0.1, 0.15) is 13.4 Å². The Morgan fingerprint density at radius 2 is 2.00 bits per heavy atom. The van der Waals surface area contributed by atoms with Crippen LogP contribution in [-0.4, -0.2) is 19.4 Å². The fraction of sp³-hybridized carbons (Fsp3) is 0.857. The first-order valence-electron chi connectivity index (χ1n) is 3.67. The Labute approximate surface area is 63.4 Å². The Bertz CT molecular complexity index is 115. The third kappa shape index (κ3) is 5.67. The fourth-order valence-corrected chi connectivity index (χ4v) is 0.597. The molecule has 58 valence electrons. The molecule has 3 heteroatoms. The summed E-state index contributed by atoms with van der Waals surface area (Å²) in [4.78, 5) is 10.8. The van der Waals surface area contributed by atoms with E-state index in [2.05, 4.69) is 0 Å². The van der Waals surface area contributed by atoms with Crippen molar-refractivity contribution in [3.8, 4) is 0 Å². The second kappa shape index (κ2) is 3.64. The lowest BCUT2D eigenvalue weighted by Gasteiger charge is -2.18. The molecule has 10 heavy (non-hydrogen) atoms. The van der Waals surface area contributed by atoms with E-state index in [0.717, 1.165) is 6.32 Å². The summed E-state index contributed by atoms with van der Waals surface area (Å²) in [6, 6.07) is 0. The highest BCUT2D eigenvalue weighted by molar-refractivity contribution is 6.09. The summed E-state index contributed by atoms with van der Waals surface area (Å²) in [5.74, 6) is -0.102. The Morgan fingerprint density at radius 1 is 1.50 bits per heavy atom. The number of carbonyl (C=O) groups is 1. The van der Waals surface area contributed by atoms with Crippen LogP contribution in [0.25, 0.3) is 0 Å². The van der Waals surface area contributed by atoms with Gasteiger partial charge in [-0.1, -0.05) is 6.32 Å². The van der Waals surface area contributed by atoms with Crippen molar-refractivity contribution in [2.24, 2.45) is 0 Å². The fourth-order valence-electron chi connectivity index (χ4n) is 0.597. The maximum Gasteiger partial charge on any atom is 0.305 e. The van der Waals surface area contributed by atoms with Crippen LogP contribution in [0.5, 0.6) is 0 Å². The Hall–Kier alpha value is -0.465. The van der Waals surface area contributed by atoms with Crippen molar-refractivity contribution in [3.05, 3.63) is 0 Å². The van der Waals surface area contributed by atoms with E-state index in [0.29, 0.717) is 6.42 Å². The van der Waals surface area contributed by atoms with Gasteiger partial charge in [-0.05, 0) is 20.8 Å². The van der Waals surface area contributed by atoms with Crippen LogP contribution >= 0.6 is 0 Å². The number of hydrogen-bond donors (Lipinski definition) is 0. The molecule has 0 heterocycles. The lowest BCUT2D eigenvalue weighted by Crippen LogP contribution is -2.23. The summed E-state index contributed by atoms with van der Waals surface area (Å²) in [6.07, 6.45) is 1.38. The number of ether oxygens (including phenoxy) is 1. The topological polar surface area (TPSA) is 26.3 Å². The predicted molar refractivity (Wildman–Crippen MR) is 43.8 cm³/mol. The van der Waals surface area contributed by atoms with Crippen molar-refractivity contribution in [1.29, 1.82) is 0 Å². The van der Waals surface area contributed by atoms with E-state index >= 15 is 0 Å². The lowest BCUT2D eigenvalue weighted by atomic mass is 10.0. The largest absolute Gasteiger partial charge is 0.460 e. The van der Waals surface area contributed by atoms with Crippen molar-refractivity contribution in [3.63, 3.8) is 0 Å². The van der Waals surface area contributed by atoms with Gasteiger partial charge in [0.15, 0.2) is 0 Å². The molecule has 0 aromatic heterocycles. The van der Waals surface area contributed by atoms with E-state index in [1.807, 2.05) is 28.6 Å². The van der Waals surface area contributed by atoms with E-state index in [9.17, 15) is 4.79 Å². The van der Waals surface area contributed by atoms with Crippen LogP contribution < -0.4 is 0 Å². The van der Waals surface area contributed by atoms with E-state index in [-0.39, 0.29) is 11.6 Å². The van der Waals surface area contributed by atoms with Crippen LogP contribution in [0.1, 0.15) is 27.2 Å². The minimum atomic E-state index is -0.327. The number of hydrogen-bond acceptors (Lipinski definition) is 2. The normalized spacial score (nSPS) is 11.1. The first-order chi connectivity index (χ1) is 4.45. The van der Waals surface area contributed by atoms with Crippen LogP contribution in [0.3, 0.4) is 0 Å². The summed E-state index contributed by atoms with van der Waals surface area (Å²) >= 11 is 0. The average molecular weight is 142 g/mol. The quantitative estimate of drug-likeness (QED) is 0.420. The SMILES string of the molecule is BCCC(=O)OC(C)(C)C. The zero-order chi connectivity index (χ0) is 8.20. The van der Waals surface area contributed by atoms with Crippen molar-refractivity contribution in [2.75, 3.05) is 0 Å². The number of carbonyl (C=O) groups excluding carboxylic acids is 1. The minimum absolute atomic E-state index is 0.102. The molecule has 0 aromatic carbocycles. The van der Waals surface area contributed by atoms with Gasteiger partial charge < -0.3 is 4.74 Å². The molecule has 0 unspecified atom stereocenters. The second-order valence-electron chi connectivity index (χ2n) is 3.34. The van der Waals surface area contributed by atoms with Crippen molar-refractivity contribution < 1.29 is 9.53 Å². The molecular weight excluding hydrogens is 127 g/mol. The standard InChI is InChI=1S/C7H15BO2/c1-7(2,3)10-6(9)4-5-8/h4-5,8H2,1-3H3. The zero-order valence-electron chi connectivity index (χ0n) is 7.23. The number of rotatable bonds is 2. The molecule has 0 N–H and O–H groups in total. The average Bonchev–Trinajstić information content (AvgIpc) is 1.59. The van der Waals surface area contributed by atoms with Crippen LogP contribution in [-0.2, 0) is 9.53 Å². The van der Waals surface area contributed by atoms with E-state index in [1.54, 1.807) is 0 Å². The van der Waals surface area contributed by atoms with Crippen molar-refractivity contribution >= 4 is 13.8 Å². The zero-order valence-corrected chi connectivity index (χ0v) is 7.23. The van der Waals surface area contributed by atoms with Gasteiger partial charge in [0, 0.05) is 6.42 Å². The number of esters is 1. The second-order valence-corrected chi connectivity index (χ2v) is 3.34. The van der Waals surface area contributed by atoms with Gasteiger partial charge in [-0.15, -0.1) is 0 Å². The van der Waals surface area contributed by atoms with Crippen LogP contribution in [0.2, 0.25) is 6.32 Å². The molecular formula is C7H15BO2. The summed E-state index contributed by atoms with van der Waals surface area (Å²) < 4.78 is 5.04. The molecule has 0 aliphatic carbocycles. The molecule has 0 bridgehead atoms. The highest BCUT2D eigenvalue weighted by Gasteiger charge is 2.14. The highest BCUT2D eigenvalue weighted by atomic mass is 16.6. The molecule has 0 aliphatic heterocycles. The molecule has 0 saturated carbocycles. The molecule has 0 aliphatic rings. The maximum atomic E-state index is 10.8.